The Balaban J connectivity index is 1.93. The van der Waals surface area contributed by atoms with E-state index in [0.717, 1.165) is 18.6 Å². The summed E-state index contributed by atoms with van der Waals surface area (Å²) < 4.78 is 26.2. The number of hydrogen-bond donors (Lipinski definition) is 2. The molecule has 2 rings (SSSR count). The van der Waals surface area contributed by atoms with Crippen LogP contribution in [-0.2, 0) is 9.59 Å². The van der Waals surface area contributed by atoms with Crippen LogP contribution in [0.2, 0.25) is 0 Å². The number of amidine groups is 1. The highest BCUT2D eigenvalue weighted by Crippen LogP contribution is 2.23. The number of hydrogen-bond acceptors (Lipinski definition) is 4. The molecular weight excluding hydrogens is 312 g/mol. The maximum atomic E-state index is 13.4. The maximum absolute atomic E-state index is 13.4. The van der Waals surface area contributed by atoms with Crippen molar-refractivity contribution in [1.29, 1.82) is 0 Å². The van der Waals surface area contributed by atoms with Crippen molar-refractivity contribution in [2.24, 2.45) is 4.99 Å². The van der Waals surface area contributed by atoms with E-state index in [1.54, 1.807) is 0 Å². The van der Waals surface area contributed by atoms with Gasteiger partial charge in [-0.25, -0.2) is 8.78 Å². The molecule has 1 heterocycles. The standard InChI is InChI=1S/C14H15F2N3O2S/c1-2-5-17-14-19-13(21)11(22-14)7-12(20)18-10-4-3-8(15)6-9(10)16/h3-4,6,11H,2,5,7H2,1H3,(H,18,20)(H,17,19,21). The van der Waals surface area contributed by atoms with E-state index in [1.807, 2.05) is 6.92 Å². The maximum Gasteiger partial charge on any atom is 0.240 e. The highest BCUT2D eigenvalue weighted by atomic mass is 32.2. The average molecular weight is 327 g/mol. The molecule has 8 heteroatoms. The molecule has 2 N–H and O–H groups in total. The molecule has 0 bridgehead atoms. The number of halogens is 2. The molecule has 0 aromatic heterocycles. The number of carbonyl (C=O) groups is 2. The Hall–Kier alpha value is -1.96. The van der Waals surface area contributed by atoms with Gasteiger partial charge in [0.2, 0.25) is 11.8 Å². The van der Waals surface area contributed by atoms with E-state index in [0.29, 0.717) is 17.8 Å². The first-order valence-electron chi connectivity index (χ1n) is 6.76. The number of thioether (sulfide) groups is 1. The van der Waals surface area contributed by atoms with E-state index in [2.05, 4.69) is 15.6 Å². The Kier molecular flexibility index (Phi) is 5.48. The lowest BCUT2D eigenvalue weighted by molar-refractivity contribution is -0.122. The van der Waals surface area contributed by atoms with Crippen molar-refractivity contribution in [2.45, 2.75) is 25.0 Å². The van der Waals surface area contributed by atoms with Crippen LogP contribution in [0.25, 0.3) is 0 Å². The molecule has 0 radical (unpaired) electrons. The van der Waals surface area contributed by atoms with Crippen LogP contribution in [-0.4, -0.2) is 28.8 Å². The zero-order valence-electron chi connectivity index (χ0n) is 11.9. The minimum Gasteiger partial charge on any atom is -0.324 e. The Bertz CT molecular complexity index is 622. The van der Waals surface area contributed by atoms with Gasteiger partial charge in [-0.2, -0.15) is 0 Å². The molecule has 0 spiro atoms. The van der Waals surface area contributed by atoms with Gasteiger partial charge in [-0.3, -0.25) is 14.6 Å². The first-order valence-corrected chi connectivity index (χ1v) is 7.64. The monoisotopic (exact) mass is 327 g/mol. The van der Waals surface area contributed by atoms with E-state index >= 15 is 0 Å². The van der Waals surface area contributed by atoms with Crippen molar-refractivity contribution in [3.63, 3.8) is 0 Å². The van der Waals surface area contributed by atoms with Crippen LogP contribution in [0.5, 0.6) is 0 Å². The molecule has 22 heavy (non-hydrogen) atoms. The van der Waals surface area contributed by atoms with E-state index in [-0.39, 0.29) is 18.0 Å². The second-order valence-electron chi connectivity index (χ2n) is 4.66. The van der Waals surface area contributed by atoms with Crippen LogP contribution < -0.4 is 10.6 Å². The molecule has 1 aromatic carbocycles. The number of nitrogens with one attached hydrogen (secondary N) is 2. The van der Waals surface area contributed by atoms with Crippen LogP contribution in [0.1, 0.15) is 19.8 Å². The molecule has 0 aliphatic carbocycles. The van der Waals surface area contributed by atoms with Gasteiger partial charge in [0.05, 0.1) is 5.69 Å². The Morgan fingerprint density at radius 2 is 2.23 bits per heavy atom. The molecule has 118 valence electrons. The summed E-state index contributed by atoms with van der Waals surface area (Å²) in [6.45, 7) is 2.57. The summed E-state index contributed by atoms with van der Waals surface area (Å²) in [6, 6.07) is 2.87. The second kappa shape index (κ2) is 7.35. The smallest absolute Gasteiger partial charge is 0.240 e. The lowest BCUT2D eigenvalue weighted by Gasteiger charge is -2.08. The fourth-order valence-electron chi connectivity index (χ4n) is 1.79. The van der Waals surface area contributed by atoms with Gasteiger partial charge in [0, 0.05) is 19.0 Å². The number of rotatable bonds is 5. The van der Waals surface area contributed by atoms with Gasteiger partial charge < -0.3 is 10.6 Å². The zero-order valence-corrected chi connectivity index (χ0v) is 12.7. The summed E-state index contributed by atoms with van der Waals surface area (Å²) in [5.74, 6) is -2.40. The van der Waals surface area contributed by atoms with E-state index in [4.69, 9.17) is 0 Å². The van der Waals surface area contributed by atoms with Gasteiger partial charge in [0.15, 0.2) is 5.17 Å². The van der Waals surface area contributed by atoms with Gasteiger partial charge >= 0.3 is 0 Å². The summed E-state index contributed by atoms with van der Waals surface area (Å²) in [6.07, 6.45) is 0.743. The van der Waals surface area contributed by atoms with Crippen LogP contribution in [0.4, 0.5) is 14.5 Å². The number of carbonyl (C=O) groups excluding carboxylic acids is 2. The first-order chi connectivity index (χ1) is 10.5. The zero-order chi connectivity index (χ0) is 16.1. The molecule has 1 fully saturated rings. The Morgan fingerprint density at radius 1 is 1.45 bits per heavy atom. The summed E-state index contributed by atoms with van der Waals surface area (Å²) in [5.41, 5.74) is -0.116. The van der Waals surface area contributed by atoms with Crippen LogP contribution in [0.3, 0.4) is 0 Å². The van der Waals surface area contributed by atoms with Crippen molar-refractivity contribution in [2.75, 3.05) is 11.9 Å². The normalized spacial score (nSPS) is 19.3. The van der Waals surface area contributed by atoms with Gasteiger partial charge in [-0.15, -0.1) is 0 Å². The molecule has 5 nitrogen and oxygen atoms in total. The summed E-state index contributed by atoms with van der Waals surface area (Å²) >= 11 is 1.18. The fraction of sp³-hybridized carbons (Fsp3) is 0.357. The Labute approximate surface area is 130 Å². The van der Waals surface area contributed by atoms with Crippen LogP contribution in [0.15, 0.2) is 23.2 Å². The number of aliphatic imine (C=N–C) groups is 1. The molecule has 1 atom stereocenters. The molecule has 1 unspecified atom stereocenters. The number of nitrogens with zero attached hydrogens (tertiary/aromatic N) is 1. The van der Waals surface area contributed by atoms with Crippen molar-refractivity contribution in [1.82, 2.24) is 5.32 Å². The third kappa shape index (κ3) is 4.27. The molecule has 1 aliphatic rings. The minimum atomic E-state index is -0.859. The fourth-order valence-corrected chi connectivity index (χ4v) is 2.78. The molecular formula is C14H15F2N3O2S. The minimum absolute atomic E-state index is 0.113. The van der Waals surface area contributed by atoms with Gasteiger partial charge in [0.25, 0.3) is 0 Å². The topological polar surface area (TPSA) is 70.6 Å². The lowest BCUT2D eigenvalue weighted by Crippen LogP contribution is -2.28. The van der Waals surface area contributed by atoms with Gasteiger partial charge in [-0.1, -0.05) is 18.7 Å². The van der Waals surface area contributed by atoms with Crippen LogP contribution >= 0.6 is 11.8 Å². The summed E-state index contributed by atoms with van der Waals surface area (Å²) in [5, 5.41) is 4.83. The predicted molar refractivity (Wildman–Crippen MR) is 81.7 cm³/mol. The van der Waals surface area contributed by atoms with Crippen molar-refractivity contribution < 1.29 is 18.4 Å². The van der Waals surface area contributed by atoms with Crippen molar-refractivity contribution >= 4 is 34.4 Å². The molecule has 0 saturated carbocycles. The number of anilines is 1. The highest BCUT2D eigenvalue weighted by molar-refractivity contribution is 8.15. The van der Waals surface area contributed by atoms with Gasteiger partial charge in [0.1, 0.15) is 16.9 Å². The average Bonchev–Trinajstić information content (AvgIpc) is 2.80. The lowest BCUT2D eigenvalue weighted by atomic mass is 10.2. The van der Waals surface area contributed by atoms with E-state index < -0.39 is 22.8 Å². The third-order valence-electron chi connectivity index (χ3n) is 2.83. The molecule has 1 saturated heterocycles. The molecule has 1 aromatic rings. The SMILES string of the molecule is CCCN=C1NC(=O)C(CC(=O)Nc2ccc(F)cc2F)S1. The highest BCUT2D eigenvalue weighted by Gasteiger charge is 2.32. The number of benzene rings is 1. The van der Waals surface area contributed by atoms with Gasteiger partial charge in [-0.05, 0) is 18.6 Å². The molecule has 2 amide bonds. The largest absolute Gasteiger partial charge is 0.324 e. The van der Waals surface area contributed by atoms with Crippen molar-refractivity contribution in [3.05, 3.63) is 29.8 Å². The van der Waals surface area contributed by atoms with E-state index in [9.17, 15) is 18.4 Å². The third-order valence-corrected chi connectivity index (χ3v) is 3.95. The summed E-state index contributed by atoms with van der Waals surface area (Å²) in [7, 11) is 0. The second-order valence-corrected chi connectivity index (χ2v) is 5.85. The number of amides is 2. The van der Waals surface area contributed by atoms with E-state index in [1.165, 1.54) is 11.8 Å². The summed E-state index contributed by atoms with van der Waals surface area (Å²) in [4.78, 5) is 27.8. The van der Waals surface area contributed by atoms with Crippen LogP contribution in [0, 0.1) is 11.6 Å². The predicted octanol–water partition coefficient (Wildman–Crippen LogP) is 2.29. The quantitative estimate of drug-likeness (QED) is 0.872. The Morgan fingerprint density at radius 3 is 2.91 bits per heavy atom. The first kappa shape index (κ1) is 16.4. The van der Waals surface area contributed by atoms with Crippen molar-refractivity contribution in [3.8, 4) is 0 Å². The molecule has 1 aliphatic heterocycles.